The summed E-state index contributed by atoms with van der Waals surface area (Å²) in [6, 6.07) is 4.97. The Balaban J connectivity index is 1.75. The zero-order chi connectivity index (χ0) is 12.1. The number of rotatable bonds is 4. The molecule has 1 N–H and O–H groups in total. The van der Waals surface area contributed by atoms with Crippen LogP contribution in [-0.4, -0.2) is 44.3 Å². The number of nitrogens with zero attached hydrogens (tertiary/aromatic N) is 1. The van der Waals surface area contributed by atoms with Crippen molar-refractivity contribution in [2.45, 2.75) is 0 Å². The van der Waals surface area contributed by atoms with Crippen LogP contribution in [0.5, 0.6) is 0 Å². The van der Waals surface area contributed by atoms with Crippen LogP contribution >= 0.6 is 15.9 Å². The van der Waals surface area contributed by atoms with Crippen molar-refractivity contribution in [2.24, 2.45) is 0 Å². The van der Waals surface area contributed by atoms with Crippen molar-refractivity contribution >= 4 is 21.6 Å². The molecule has 0 amide bonds. The van der Waals surface area contributed by atoms with Crippen LogP contribution in [0.1, 0.15) is 0 Å². The van der Waals surface area contributed by atoms with E-state index in [1.54, 1.807) is 12.1 Å². The number of anilines is 1. The summed E-state index contributed by atoms with van der Waals surface area (Å²) in [7, 11) is 0. The minimum Gasteiger partial charge on any atom is -0.384 e. The third-order valence-corrected chi connectivity index (χ3v) is 3.39. The molecule has 0 spiro atoms. The van der Waals surface area contributed by atoms with Crippen molar-refractivity contribution in [2.75, 3.05) is 44.7 Å². The third kappa shape index (κ3) is 3.94. The van der Waals surface area contributed by atoms with Gasteiger partial charge in [-0.15, -0.1) is 0 Å². The number of halogens is 2. The normalized spacial score (nSPS) is 17.1. The van der Waals surface area contributed by atoms with Gasteiger partial charge in [0.05, 0.1) is 17.7 Å². The molecule has 17 heavy (non-hydrogen) atoms. The van der Waals surface area contributed by atoms with E-state index in [1.807, 2.05) is 0 Å². The van der Waals surface area contributed by atoms with Crippen LogP contribution in [0.2, 0.25) is 0 Å². The van der Waals surface area contributed by atoms with Crippen molar-refractivity contribution in [1.29, 1.82) is 0 Å². The van der Waals surface area contributed by atoms with Gasteiger partial charge in [0.2, 0.25) is 0 Å². The second-order valence-electron chi connectivity index (χ2n) is 4.01. The van der Waals surface area contributed by atoms with E-state index < -0.39 is 0 Å². The first-order valence-electron chi connectivity index (χ1n) is 5.75. The number of hydrogen-bond donors (Lipinski definition) is 1. The molecule has 1 heterocycles. The minimum atomic E-state index is -0.233. The molecular formula is C12H16BrFN2O. The fourth-order valence-corrected chi connectivity index (χ4v) is 2.17. The summed E-state index contributed by atoms with van der Waals surface area (Å²) >= 11 is 3.17. The average Bonchev–Trinajstić information content (AvgIpc) is 2.35. The fraction of sp³-hybridized carbons (Fsp3) is 0.500. The second-order valence-corrected chi connectivity index (χ2v) is 4.86. The quantitative estimate of drug-likeness (QED) is 0.924. The standard InChI is InChI=1S/C12H16BrFN2O/c13-11-9-10(1-2-12(11)14)15-3-4-16-5-7-17-8-6-16/h1-2,9,15H,3-8H2. The van der Waals surface area contributed by atoms with E-state index in [4.69, 9.17) is 4.74 Å². The van der Waals surface area contributed by atoms with Gasteiger partial charge in [0, 0.05) is 31.9 Å². The van der Waals surface area contributed by atoms with E-state index in [2.05, 4.69) is 26.1 Å². The molecule has 0 aromatic heterocycles. The topological polar surface area (TPSA) is 24.5 Å². The molecule has 0 bridgehead atoms. The molecule has 1 aromatic carbocycles. The number of morpholine rings is 1. The summed E-state index contributed by atoms with van der Waals surface area (Å²) in [4.78, 5) is 2.36. The lowest BCUT2D eigenvalue weighted by atomic mass is 10.3. The highest BCUT2D eigenvalue weighted by Crippen LogP contribution is 2.19. The molecule has 1 fully saturated rings. The number of hydrogen-bond acceptors (Lipinski definition) is 3. The zero-order valence-corrected chi connectivity index (χ0v) is 11.2. The van der Waals surface area contributed by atoms with Gasteiger partial charge in [0.15, 0.2) is 0 Å². The molecule has 2 rings (SSSR count). The summed E-state index contributed by atoms with van der Waals surface area (Å²) in [5, 5.41) is 3.28. The van der Waals surface area contributed by atoms with Gasteiger partial charge in [-0.1, -0.05) is 0 Å². The molecule has 3 nitrogen and oxygen atoms in total. The van der Waals surface area contributed by atoms with E-state index in [0.717, 1.165) is 45.1 Å². The van der Waals surface area contributed by atoms with Crippen LogP contribution < -0.4 is 5.32 Å². The molecule has 1 aromatic rings. The zero-order valence-electron chi connectivity index (χ0n) is 9.59. The van der Waals surface area contributed by atoms with Gasteiger partial charge >= 0.3 is 0 Å². The Morgan fingerprint density at radius 3 is 2.82 bits per heavy atom. The first-order chi connectivity index (χ1) is 8.25. The van der Waals surface area contributed by atoms with Crippen molar-refractivity contribution in [3.63, 3.8) is 0 Å². The van der Waals surface area contributed by atoms with Crippen LogP contribution in [0.4, 0.5) is 10.1 Å². The highest BCUT2D eigenvalue weighted by molar-refractivity contribution is 9.10. The van der Waals surface area contributed by atoms with Crippen molar-refractivity contribution in [1.82, 2.24) is 4.90 Å². The Hall–Kier alpha value is -0.650. The predicted octanol–water partition coefficient (Wildman–Crippen LogP) is 2.33. The van der Waals surface area contributed by atoms with Crippen LogP contribution in [0.25, 0.3) is 0 Å². The van der Waals surface area contributed by atoms with Gasteiger partial charge in [-0.2, -0.15) is 0 Å². The lowest BCUT2D eigenvalue weighted by molar-refractivity contribution is 0.0398. The average molecular weight is 303 g/mol. The third-order valence-electron chi connectivity index (χ3n) is 2.78. The smallest absolute Gasteiger partial charge is 0.137 e. The Kier molecular flexibility index (Phi) is 4.76. The minimum absolute atomic E-state index is 0.233. The van der Waals surface area contributed by atoms with Gasteiger partial charge in [-0.05, 0) is 34.1 Å². The van der Waals surface area contributed by atoms with Crippen LogP contribution in [0, 0.1) is 5.82 Å². The number of ether oxygens (including phenoxy) is 1. The lowest BCUT2D eigenvalue weighted by Gasteiger charge is -2.26. The summed E-state index contributed by atoms with van der Waals surface area (Å²) in [5.41, 5.74) is 0.937. The van der Waals surface area contributed by atoms with Crippen LogP contribution in [-0.2, 0) is 4.74 Å². The predicted molar refractivity (Wildman–Crippen MR) is 69.8 cm³/mol. The molecule has 1 aliphatic heterocycles. The van der Waals surface area contributed by atoms with Gasteiger partial charge in [0.1, 0.15) is 5.82 Å². The lowest BCUT2D eigenvalue weighted by Crippen LogP contribution is -2.39. The molecule has 5 heteroatoms. The summed E-state index contributed by atoms with van der Waals surface area (Å²) in [6.07, 6.45) is 0. The maximum atomic E-state index is 13.0. The Labute approximate surface area is 109 Å². The van der Waals surface area contributed by atoms with E-state index >= 15 is 0 Å². The maximum Gasteiger partial charge on any atom is 0.137 e. The molecule has 0 saturated carbocycles. The van der Waals surface area contributed by atoms with E-state index in [1.165, 1.54) is 6.07 Å². The largest absolute Gasteiger partial charge is 0.384 e. The molecule has 0 radical (unpaired) electrons. The first-order valence-corrected chi connectivity index (χ1v) is 6.54. The maximum absolute atomic E-state index is 13.0. The fourth-order valence-electron chi connectivity index (χ4n) is 1.79. The second kappa shape index (κ2) is 6.33. The summed E-state index contributed by atoms with van der Waals surface area (Å²) < 4.78 is 18.8. The molecular weight excluding hydrogens is 287 g/mol. The first kappa shape index (κ1) is 12.8. The van der Waals surface area contributed by atoms with Gasteiger partial charge in [0.25, 0.3) is 0 Å². The van der Waals surface area contributed by atoms with Gasteiger partial charge in [-0.25, -0.2) is 4.39 Å². The van der Waals surface area contributed by atoms with Crippen molar-refractivity contribution in [3.05, 3.63) is 28.5 Å². The van der Waals surface area contributed by atoms with E-state index in [0.29, 0.717) is 4.47 Å². The molecule has 94 valence electrons. The highest BCUT2D eigenvalue weighted by atomic mass is 79.9. The molecule has 1 aliphatic rings. The Morgan fingerprint density at radius 2 is 2.12 bits per heavy atom. The SMILES string of the molecule is Fc1ccc(NCCN2CCOCC2)cc1Br. The monoisotopic (exact) mass is 302 g/mol. The van der Waals surface area contributed by atoms with Crippen molar-refractivity contribution in [3.8, 4) is 0 Å². The molecule has 0 unspecified atom stereocenters. The van der Waals surface area contributed by atoms with Crippen LogP contribution in [0.3, 0.4) is 0 Å². The Morgan fingerprint density at radius 1 is 1.35 bits per heavy atom. The summed E-state index contributed by atoms with van der Waals surface area (Å²) in [5.74, 6) is -0.233. The van der Waals surface area contributed by atoms with E-state index in [9.17, 15) is 4.39 Å². The highest BCUT2D eigenvalue weighted by Gasteiger charge is 2.09. The van der Waals surface area contributed by atoms with Gasteiger partial charge in [-0.3, -0.25) is 4.90 Å². The van der Waals surface area contributed by atoms with Gasteiger partial charge < -0.3 is 10.1 Å². The summed E-state index contributed by atoms with van der Waals surface area (Å²) in [6.45, 7) is 5.48. The van der Waals surface area contributed by atoms with Crippen molar-refractivity contribution < 1.29 is 9.13 Å². The number of nitrogens with one attached hydrogen (secondary N) is 1. The van der Waals surface area contributed by atoms with Crippen LogP contribution in [0.15, 0.2) is 22.7 Å². The van der Waals surface area contributed by atoms with E-state index in [-0.39, 0.29) is 5.82 Å². The number of benzene rings is 1. The molecule has 0 atom stereocenters. The molecule has 1 saturated heterocycles. The Bertz CT molecular complexity index is 370. The molecule has 0 aliphatic carbocycles.